The van der Waals surface area contributed by atoms with Gasteiger partial charge in [0.15, 0.2) is 0 Å². The smallest absolute Gasteiger partial charge is 0.211 e. The third-order valence-corrected chi connectivity index (χ3v) is 3.58. The molecule has 1 saturated carbocycles. The zero-order chi connectivity index (χ0) is 9.97. The number of hydrogen-bond donors (Lipinski definition) is 0. The third-order valence-electron chi connectivity index (χ3n) is 3.09. The third kappa shape index (κ3) is 2.68. The lowest BCUT2D eigenvalue weighted by Crippen LogP contribution is -2.18. The zero-order valence-electron chi connectivity index (χ0n) is 8.49. The molecule has 0 amide bonds. The molecule has 4 heteroatoms. The first-order valence-corrected chi connectivity index (χ1v) is 6.37. The Kier molecular flexibility index (Phi) is 3.41. The van der Waals surface area contributed by atoms with E-state index in [4.69, 9.17) is 0 Å². The van der Waals surface area contributed by atoms with Crippen LogP contribution in [0.3, 0.4) is 0 Å². The van der Waals surface area contributed by atoms with Crippen LogP contribution in [-0.2, 0) is 6.54 Å². The van der Waals surface area contributed by atoms with Crippen molar-refractivity contribution < 1.29 is 0 Å². The fraction of sp³-hybridized carbons (Fsp3) is 0.800. The lowest BCUT2D eigenvalue weighted by Gasteiger charge is -2.25. The summed E-state index contributed by atoms with van der Waals surface area (Å²) in [4.78, 5) is 4.14. The maximum atomic E-state index is 4.32. The summed E-state index contributed by atoms with van der Waals surface area (Å²) in [6, 6.07) is 0. The average molecular weight is 305 g/mol. The summed E-state index contributed by atoms with van der Waals surface area (Å²) in [6.07, 6.45) is 7.34. The van der Waals surface area contributed by atoms with Crippen LogP contribution in [0.2, 0.25) is 0 Å². The summed E-state index contributed by atoms with van der Waals surface area (Å²) in [5, 5.41) is 4.32. The molecule has 0 atom stereocenters. The molecular weight excluding hydrogens is 289 g/mol. The Morgan fingerprint density at radius 2 is 2.14 bits per heavy atom. The topological polar surface area (TPSA) is 30.7 Å². The van der Waals surface area contributed by atoms with Crippen molar-refractivity contribution in [3.63, 3.8) is 0 Å². The Labute approximate surface area is 98.4 Å². The van der Waals surface area contributed by atoms with Gasteiger partial charge in [0.25, 0.3) is 0 Å². The molecule has 78 valence electrons. The van der Waals surface area contributed by atoms with Gasteiger partial charge in [-0.1, -0.05) is 19.8 Å². The molecule has 0 bridgehead atoms. The molecule has 0 radical (unpaired) electrons. The molecule has 1 aromatic rings. The zero-order valence-corrected chi connectivity index (χ0v) is 10.6. The Bertz CT molecular complexity index is 289. The van der Waals surface area contributed by atoms with E-state index < -0.39 is 0 Å². The summed E-state index contributed by atoms with van der Waals surface area (Å²) in [7, 11) is 0. The van der Waals surface area contributed by atoms with Crippen molar-refractivity contribution in [2.24, 2.45) is 11.8 Å². The molecule has 14 heavy (non-hydrogen) atoms. The molecule has 0 saturated heterocycles. The van der Waals surface area contributed by atoms with Crippen LogP contribution in [0.15, 0.2) is 6.33 Å². The predicted octanol–water partition coefficient (Wildman–Crippen LogP) is 2.71. The highest BCUT2D eigenvalue weighted by Gasteiger charge is 2.18. The van der Waals surface area contributed by atoms with Crippen LogP contribution in [0.1, 0.15) is 32.6 Å². The van der Waals surface area contributed by atoms with E-state index in [1.165, 1.54) is 25.7 Å². The van der Waals surface area contributed by atoms with Gasteiger partial charge in [0.2, 0.25) is 3.83 Å². The molecule has 1 aliphatic carbocycles. The minimum absolute atomic E-state index is 0.823. The number of rotatable bonds is 2. The van der Waals surface area contributed by atoms with Gasteiger partial charge in [0, 0.05) is 29.1 Å². The number of hydrogen-bond acceptors (Lipinski definition) is 2. The Balaban J connectivity index is 1.86. The van der Waals surface area contributed by atoms with Crippen LogP contribution in [0, 0.1) is 15.7 Å². The second kappa shape index (κ2) is 4.59. The highest BCUT2D eigenvalue weighted by Crippen LogP contribution is 2.28. The van der Waals surface area contributed by atoms with Crippen LogP contribution < -0.4 is 0 Å². The first-order valence-electron chi connectivity index (χ1n) is 5.29. The molecule has 1 aliphatic rings. The van der Waals surface area contributed by atoms with E-state index in [1.54, 1.807) is 0 Å². The standard InChI is InChI=1S/C10H16IN3/c1-8-2-4-9(5-3-8)6-14-7-12-10(11)13-14/h7-9H,2-6H2,1H3. The van der Waals surface area contributed by atoms with Crippen LogP contribution >= 0.6 is 22.6 Å². The van der Waals surface area contributed by atoms with Crippen molar-refractivity contribution in [1.82, 2.24) is 14.8 Å². The second-order valence-corrected chi connectivity index (χ2v) is 5.33. The number of halogens is 1. The van der Waals surface area contributed by atoms with Gasteiger partial charge in [-0.3, -0.25) is 4.68 Å². The van der Waals surface area contributed by atoms with Crippen molar-refractivity contribution in [3.05, 3.63) is 10.2 Å². The molecular formula is C10H16IN3. The molecule has 1 fully saturated rings. The van der Waals surface area contributed by atoms with Crippen LogP contribution in [0.25, 0.3) is 0 Å². The lowest BCUT2D eigenvalue weighted by atomic mass is 9.83. The fourth-order valence-electron chi connectivity index (χ4n) is 2.14. The van der Waals surface area contributed by atoms with Gasteiger partial charge >= 0.3 is 0 Å². The fourth-order valence-corrected chi connectivity index (χ4v) is 2.54. The average Bonchev–Trinajstić information content (AvgIpc) is 2.56. The molecule has 0 N–H and O–H groups in total. The lowest BCUT2D eigenvalue weighted by molar-refractivity contribution is 0.257. The van der Waals surface area contributed by atoms with E-state index in [0.29, 0.717) is 0 Å². The number of aromatic nitrogens is 3. The summed E-state index contributed by atoms with van der Waals surface area (Å²) in [6.45, 7) is 3.41. The minimum Gasteiger partial charge on any atom is -0.252 e. The SMILES string of the molecule is CC1CCC(Cn2cnc(I)n2)CC1. The molecule has 0 aromatic carbocycles. The monoisotopic (exact) mass is 305 g/mol. The number of nitrogens with zero attached hydrogens (tertiary/aromatic N) is 3. The summed E-state index contributed by atoms with van der Waals surface area (Å²) < 4.78 is 2.84. The molecule has 0 unspecified atom stereocenters. The van der Waals surface area contributed by atoms with Gasteiger partial charge in [0.05, 0.1) is 0 Å². The van der Waals surface area contributed by atoms with Crippen molar-refractivity contribution in [2.45, 2.75) is 39.2 Å². The van der Waals surface area contributed by atoms with Crippen molar-refractivity contribution in [3.8, 4) is 0 Å². The molecule has 3 nitrogen and oxygen atoms in total. The minimum atomic E-state index is 0.823. The predicted molar refractivity (Wildman–Crippen MR) is 63.9 cm³/mol. The summed E-state index contributed by atoms with van der Waals surface area (Å²) >= 11 is 2.16. The van der Waals surface area contributed by atoms with Crippen LogP contribution in [-0.4, -0.2) is 14.8 Å². The Hall–Kier alpha value is -0.130. The Morgan fingerprint density at radius 1 is 1.43 bits per heavy atom. The quantitative estimate of drug-likeness (QED) is 0.787. The van der Waals surface area contributed by atoms with Gasteiger partial charge in [-0.25, -0.2) is 4.98 Å². The van der Waals surface area contributed by atoms with E-state index in [2.05, 4.69) is 39.6 Å². The van der Waals surface area contributed by atoms with Crippen LogP contribution in [0.4, 0.5) is 0 Å². The molecule has 1 heterocycles. The maximum Gasteiger partial charge on any atom is 0.211 e. The highest BCUT2D eigenvalue weighted by atomic mass is 127. The van der Waals surface area contributed by atoms with Crippen molar-refractivity contribution >= 4 is 22.6 Å². The first kappa shape index (κ1) is 10.4. The van der Waals surface area contributed by atoms with E-state index >= 15 is 0 Å². The molecule has 1 aromatic heterocycles. The van der Waals surface area contributed by atoms with Gasteiger partial charge in [-0.05, 0) is 24.7 Å². The van der Waals surface area contributed by atoms with Gasteiger partial charge in [-0.2, -0.15) is 0 Å². The van der Waals surface area contributed by atoms with Gasteiger partial charge in [-0.15, -0.1) is 5.10 Å². The van der Waals surface area contributed by atoms with E-state index in [-0.39, 0.29) is 0 Å². The van der Waals surface area contributed by atoms with E-state index in [0.717, 1.165) is 22.2 Å². The first-order chi connectivity index (χ1) is 6.74. The second-order valence-electron chi connectivity index (χ2n) is 4.36. The molecule has 2 rings (SSSR count). The summed E-state index contributed by atoms with van der Waals surface area (Å²) in [5.41, 5.74) is 0. The van der Waals surface area contributed by atoms with E-state index in [9.17, 15) is 0 Å². The van der Waals surface area contributed by atoms with Gasteiger partial charge < -0.3 is 0 Å². The highest BCUT2D eigenvalue weighted by molar-refractivity contribution is 14.1. The van der Waals surface area contributed by atoms with E-state index in [1.807, 2.05) is 11.0 Å². The van der Waals surface area contributed by atoms with Crippen molar-refractivity contribution in [1.29, 1.82) is 0 Å². The van der Waals surface area contributed by atoms with Gasteiger partial charge in [0.1, 0.15) is 6.33 Å². The van der Waals surface area contributed by atoms with Crippen LogP contribution in [0.5, 0.6) is 0 Å². The largest absolute Gasteiger partial charge is 0.252 e. The van der Waals surface area contributed by atoms with Crippen molar-refractivity contribution in [2.75, 3.05) is 0 Å². The maximum absolute atomic E-state index is 4.32. The Morgan fingerprint density at radius 3 is 2.71 bits per heavy atom. The molecule has 0 aliphatic heterocycles. The normalized spacial score (nSPS) is 27.9. The molecule has 0 spiro atoms. The summed E-state index contributed by atoms with van der Waals surface area (Å²) in [5.74, 6) is 1.76.